The minimum atomic E-state index is -0.0320. The maximum atomic E-state index is 12.2. The lowest BCUT2D eigenvalue weighted by Gasteiger charge is -2.32. The Morgan fingerprint density at radius 3 is 2.59 bits per heavy atom. The van der Waals surface area contributed by atoms with Gasteiger partial charge in [-0.25, -0.2) is 0 Å². The maximum Gasteiger partial charge on any atom is 0.255 e. The highest BCUT2D eigenvalue weighted by Crippen LogP contribution is 2.21. The van der Waals surface area contributed by atoms with Crippen molar-refractivity contribution < 1.29 is 4.79 Å². The van der Waals surface area contributed by atoms with Gasteiger partial charge in [0.15, 0.2) is 0 Å². The Bertz CT molecular complexity index is 428. The van der Waals surface area contributed by atoms with E-state index < -0.39 is 0 Å². The summed E-state index contributed by atoms with van der Waals surface area (Å²) in [6.45, 7) is 3.26. The minimum absolute atomic E-state index is 0.0320. The monoisotopic (exact) mass is 253 g/mol. The molecule has 0 aromatic heterocycles. The number of nitrogen functional groups attached to an aromatic ring is 1. The normalized spacial score (nSPS) is 17.2. The molecule has 1 aliphatic rings. The second-order valence-corrected chi connectivity index (χ2v) is 4.74. The van der Waals surface area contributed by atoms with E-state index in [4.69, 9.17) is 17.3 Å². The van der Waals surface area contributed by atoms with Crippen LogP contribution in [0, 0.1) is 0 Å². The Hall–Kier alpha value is -1.26. The largest absolute Gasteiger partial charge is 0.399 e. The lowest BCUT2D eigenvalue weighted by atomic mass is 10.1. The Labute approximate surface area is 106 Å². The zero-order valence-corrected chi connectivity index (χ0v) is 10.6. The van der Waals surface area contributed by atoms with Crippen LogP contribution in [-0.2, 0) is 0 Å². The Kier molecular flexibility index (Phi) is 3.54. The van der Waals surface area contributed by atoms with Crippen LogP contribution in [0.4, 0.5) is 5.69 Å². The molecule has 1 heterocycles. The first-order chi connectivity index (χ1) is 8.08. The second kappa shape index (κ2) is 4.94. The maximum absolute atomic E-state index is 12.2. The highest BCUT2D eigenvalue weighted by molar-refractivity contribution is 6.34. The first-order valence-electron chi connectivity index (χ1n) is 5.61. The lowest BCUT2D eigenvalue weighted by Crippen LogP contribution is -2.47. The number of nitrogens with zero attached hydrogens (tertiary/aromatic N) is 2. The van der Waals surface area contributed by atoms with Crippen molar-refractivity contribution >= 4 is 23.2 Å². The third-order valence-corrected chi connectivity index (χ3v) is 3.34. The van der Waals surface area contributed by atoms with Crippen molar-refractivity contribution in [3.8, 4) is 0 Å². The number of anilines is 1. The first-order valence-corrected chi connectivity index (χ1v) is 5.98. The van der Waals surface area contributed by atoms with Crippen LogP contribution in [-0.4, -0.2) is 48.9 Å². The van der Waals surface area contributed by atoms with Crippen LogP contribution in [0.5, 0.6) is 0 Å². The summed E-state index contributed by atoms with van der Waals surface area (Å²) < 4.78 is 0. The van der Waals surface area contributed by atoms with Gasteiger partial charge in [-0.05, 0) is 25.2 Å². The van der Waals surface area contributed by atoms with E-state index in [0.29, 0.717) is 16.3 Å². The van der Waals surface area contributed by atoms with Crippen LogP contribution in [0.3, 0.4) is 0 Å². The van der Waals surface area contributed by atoms with Crippen molar-refractivity contribution in [2.75, 3.05) is 39.0 Å². The van der Waals surface area contributed by atoms with Crippen molar-refractivity contribution in [2.45, 2.75) is 0 Å². The first kappa shape index (κ1) is 12.2. The molecule has 1 aromatic carbocycles. The standard InChI is InChI=1S/C12H16ClN3O/c1-15-4-6-16(7-5-15)12(17)10-8-9(14)2-3-11(10)13/h2-3,8H,4-7,14H2,1H3. The number of piperazine rings is 1. The SMILES string of the molecule is CN1CCN(C(=O)c2cc(N)ccc2Cl)CC1. The molecule has 1 saturated heterocycles. The zero-order valence-electron chi connectivity index (χ0n) is 9.82. The topological polar surface area (TPSA) is 49.6 Å². The fourth-order valence-corrected chi connectivity index (χ4v) is 2.09. The zero-order chi connectivity index (χ0) is 12.4. The summed E-state index contributed by atoms with van der Waals surface area (Å²) in [6, 6.07) is 5.01. The van der Waals surface area contributed by atoms with Gasteiger partial charge in [-0.2, -0.15) is 0 Å². The number of benzene rings is 1. The molecular weight excluding hydrogens is 238 g/mol. The highest BCUT2D eigenvalue weighted by Gasteiger charge is 2.22. The number of carbonyl (C=O) groups is 1. The smallest absolute Gasteiger partial charge is 0.255 e. The van der Waals surface area contributed by atoms with Gasteiger partial charge >= 0.3 is 0 Å². The molecule has 0 radical (unpaired) electrons. The predicted octanol–water partition coefficient (Wildman–Crippen LogP) is 1.31. The van der Waals surface area contributed by atoms with E-state index in [-0.39, 0.29) is 5.91 Å². The molecule has 1 fully saturated rings. The molecule has 1 aromatic rings. The second-order valence-electron chi connectivity index (χ2n) is 4.33. The van der Waals surface area contributed by atoms with E-state index in [1.807, 2.05) is 4.90 Å². The quantitative estimate of drug-likeness (QED) is 0.768. The van der Waals surface area contributed by atoms with Crippen molar-refractivity contribution in [1.29, 1.82) is 0 Å². The van der Waals surface area contributed by atoms with E-state index in [9.17, 15) is 4.79 Å². The Morgan fingerprint density at radius 2 is 1.94 bits per heavy atom. The summed E-state index contributed by atoms with van der Waals surface area (Å²) in [6.07, 6.45) is 0. The predicted molar refractivity (Wildman–Crippen MR) is 69.3 cm³/mol. The summed E-state index contributed by atoms with van der Waals surface area (Å²) in [5.74, 6) is -0.0320. The summed E-state index contributed by atoms with van der Waals surface area (Å²) in [5, 5.41) is 0.461. The molecule has 0 spiro atoms. The fourth-order valence-electron chi connectivity index (χ4n) is 1.89. The van der Waals surface area contributed by atoms with Gasteiger partial charge < -0.3 is 15.5 Å². The third kappa shape index (κ3) is 2.70. The molecule has 2 rings (SSSR count). The Balaban J connectivity index is 2.16. The van der Waals surface area contributed by atoms with E-state index in [2.05, 4.69) is 11.9 Å². The average Bonchev–Trinajstić information content (AvgIpc) is 2.32. The molecule has 0 saturated carbocycles. The molecular formula is C12H16ClN3O. The molecule has 2 N–H and O–H groups in total. The number of carbonyl (C=O) groups excluding carboxylic acids is 1. The van der Waals surface area contributed by atoms with E-state index in [1.54, 1.807) is 18.2 Å². The summed E-state index contributed by atoms with van der Waals surface area (Å²) in [7, 11) is 2.05. The number of hydrogen-bond donors (Lipinski definition) is 1. The van der Waals surface area contributed by atoms with Gasteiger partial charge in [0, 0.05) is 31.9 Å². The molecule has 17 heavy (non-hydrogen) atoms. The van der Waals surface area contributed by atoms with Gasteiger partial charge in [0.2, 0.25) is 0 Å². The summed E-state index contributed by atoms with van der Waals surface area (Å²) in [5.41, 5.74) is 6.74. The van der Waals surface area contributed by atoms with Crippen LogP contribution < -0.4 is 5.73 Å². The van der Waals surface area contributed by atoms with Crippen LogP contribution in [0.1, 0.15) is 10.4 Å². The van der Waals surface area contributed by atoms with E-state index >= 15 is 0 Å². The van der Waals surface area contributed by atoms with Gasteiger partial charge in [0.1, 0.15) is 0 Å². The molecule has 1 aliphatic heterocycles. The van der Waals surface area contributed by atoms with E-state index in [0.717, 1.165) is 26.2 Å². The molecule has 92 valence electrons. The third-order valence-electron chi connectivity index (χ3n) is 3.01. The fraction of sp³-hybridized carbons (Fsp3) is 0.417. The number of amides is 1. The number of rotatable bonds is 1. The van der Waals surface area contributed by atoms with Crippen LogP contribution in [0.25, 0.3) is 0 Å². The van der Waals surface area contributed by atoms with E-state index in [1.165, 1.54) is 0 Å². The molecule has 0 atom stereocenters. The molecule has 5 heteroatoms. The van der Waals surface area contributed by atoms with Crippen LogP contribution in [0.2, 0.25) is 5.02 Å². The number of likely N-dealkylation sites (N-methyl/N-ethyl adjacent to an activating group) is 1. The molecule has 1 amide bonds. The van der Waals surface area contributed by atoms with Crippen molar-refractivity contribution in [3.05, 3.63) is 28.8 Å². The van der Waals surface area contributed by atoms with Crippen molar-refractivity contribution in [3.63, 3.8) is 0 Å². The van der Waals surface area contributed by atoms with Gasteiger partial charge in [-0.3, -0.25) is 4.79 Å². The molecule has 0 bridgehead atoms. The van der Waals surface area contributed by atoms with Crippen LogP contribution >= 0.6 is 11.6 Å². The van der Waals surface area contributed by atoms with Crippen molar-refractivity contribution in [1.82, 2.24) is 9.80 Å². The Morgan fingerprint density at radius 1 is 1.29 bits per heavy atom. The number of hydrogen-bond acceptors (Lipinski definition) is 3. The van der Waals surface area contributed by atoms with Gasteiger partial charge in [0.25, 0.3) is 5.91 Å². The summed E-state index contributed by atoms with van der Waals surface area (Å²) >= 11 is 6.03. The number of nitrogens with two attached hydrogens (primary N) is 1. The molecule has 0 aliphatic carbocycles. The van der Waals surface area contributed by atoms with Gasteiger partial charge in [-0.1, -0.05) is 11.6 Å². The lowest BCUT2D eigenvalue weighted by molar-refractivity contribution is 0.0664. The summed E-state index contributed by atoms with van der Waals surface area (Å²) in [4.78, 5) is 16.3. The van der Waals surface area contributed by atoms with Crippen molar-refractivity contribution in [2.24, 2.45) is 0 Å². The van der Waals surface area contributed by atoms with Crippen LogP contribution in [0.15, 0.2) is 18.2 Å². The molecule has 4 nitrogen and oxygen atoms in total. The van der Waals surface area contributed by atoms with Gasteiger partial charge in [-0.15, -0.1) is 0 Å². The average molecular weight is 254 g/mol. The van der Waals surface area contributed by atoms with Gasteiger partial charge in [0.05, 0.1) is 10.6 Å². The number of halogens is 1. The molecule has 0 unspecified atom stereocenters. The highest BCUT2D eigenvalue weighted by atomic mass is 35.5. The minimum Gasteiger partial charge on any atom is -0.399 e.